The van der Waals surface area contributed by atoms with Crippen molar-refractivity contribution in [3.63, 3.8) is 0 Å². The summed E-state index contributed by atoms with van der Waals surface area (Å²) in [7, 11) is -3.81. The van der Waals surface area contributed by atoms with E-state index < -0.39 is 21.5 Å². The Morgan fingerprint density at radius 2 is 1.67 bits per heavy atom. The van der Waals surface area contributed by atoms with Crippen LogP contribution < -0.4 is 4.72 Å². The molecule has 0 bridgehead atoms. The molecule has 0 unspecified atom stereocenters. The van der Waals surface area contributed by atoms with Crippen molar-refractivity contribution >= 4 is 16.0 Å². The van der Waals surface area contributed by atoms with Gasteiger partial charge in [0.05, 0.1) is 11.5 Å². The zero-order valence-corrected chi connectivity index (χ0v) is 15.8. The molecular weight excluding hydrogens is 326 g/mol. The Kier molecular flexibility index (Phi) is 5.71. The van der Waals surface area contributed by atoms with E-state index in [2.05, 4.69) is 4.72 Å². The van der Waals surface area contributed by atoms with Gasteiger partial charge >= 0.3 is 5.97 Å². The molecule has 1 aromatic carbocycles. The molecule has 0 amide bonds. The third kappa shape index (κ3) is 3.81. The van der Waals surface area contributed by atoms with Crippen LogP contribution in [0, 0.1) is 20.8 Å². The van der Waals surface area contributed by atoms with E-state index in [4.69, 9.17) is 4.74 Å². The van der Waals surface area contributed by atoms with Crippen LogP contribution in [0.3, 0.4) is 0 Å². The number of carbonyl (C=O) groups excluding carboxylic acids is 1. The average Bonchev–Trinajstić information content (AvgIpc) is 2.46. The van der Waals surface area contributed by atoms with E-state index in [0.29, 0.717) is 24.0 Å². The van der Waals surface area contributed by atoms with E-state index in [9.17, 15) is 13.2 Å². The van der Waals surface area contributed by atoms with Gasteiger partial charge in [0.25, 0.3) is 0 Å². The Morgan fingerprint density at radius 1 is 1.12 bits per heavy atom. The molecule has 1 aliphatic carbocycles. The Morgan fingerprint density at radius 3 is 2.17 bits per heavy atom. The maximum Gasteiger partial charge on any atom is 0.327 e. The molecule has 1 aliphatic rings. The second-order valence-corrected chi connectivity index (χ2v) is 8.32. The van der Waals surface area contributed by atoms with Gasteiger partial charge in [0.15, 0.2) is 0 Å². The fraction of sp³-hybridized carbons (Fsp3) is 0.611. The van der Waals surface area contributed by atoms with Gasteiger partial charge < -0.3 is 4.74 Å². The Labute approximate surface area is 144 Å². The standard InChI is InChI=1S/C18H27NO4S/c1-5-23-17(20)18(9-7-6-8-10-18)19-24(21,22)16-14(3)11-13(2)12-15(16)4/h11-12,19H,5-10H2,1-4H3. The second-order valence-electron chi connectivity index (χ2n) is 6.70. The normalized spacial score (nSPS) is 17.5. The Balaban J connectivity index is 2.43. The van der Waals surface area contributed by atoms with E-state index in [1.54, 1.807) is 20.8 Å². The maximum atomic E-state index is 13.0. The summed E-state index contributed by atoms with van der Waals surface area (Å²) in [6, 6.07) is 3.69. The minimum Gasteiger partial charge on any atom is -0.465 e. The van der Waals surface area contributed by atoms with Crippen molar-refractivity contribution in [3.8, 4) is 0 Å². The van der Waals surface area contributed by atoms with Gasteiger partial charge in [-0.15, -0.1) is 0 Å². The van der Waals surface area contributed by atoms with Gasteiger partial charge in [-0.2, -0.15) is 4.72 Å². The third-order valence-corrected chi connectivity index (χ3v) is 6.42. The van der Waals surface area contributed by atoms with Crippen LogP contribution in [0.25, 0.3) is 0 Å². The largest absolute Gasteiger partial charge is 0.465 e. The van der Waals surface area contributed by atoms with Crippen molar-refractivity contribution in [2.24, 2.45) is 0 Å². The molecule has 1 aromatic rings. The number of benzene rings is 1. The lowest BCUT2D eigenvalue weighted by Gasteiger charge is -2.35. The number of carbonyl (C=O) groups is 1. The number of hydrogen-bond acceptors (Lipinski definition) is 4. The molecule has 1 N–H and O–H groups in total. The predicted octanol–water partition coefficient (Wildman–Crippen LogP) is 3.16. The quantitative estimate of drug-likeness (QED) is 0.825. The Hall–Kier alpha value is -1.40. The van der Waals surface area contributed by atoms with E-state index in [1.165, 1.54) is 0 Å². The van der Waals surface area contributed by atoms with Crippen LogP contribution in [0.15, 0.2) is 17.0 Å². The number of esters is 1. The minimum absolute atomic E-state index is 0.241. The lowest BCUT2D eigenvalue weighted by atomic mass is 9.82. The van der Waals surface area contributed by atoms with Crippen LogP contribution in [-0.4, -0.2) is 26.5 Å². The van der Waals surface area contributed by atoms with Crippen LogP contribution in [0.4, 0.5) is 0 Å². The van der Waals surface area contributed by atoms with Gasteiger partial charge in [-0.05, 0) is 51.7 Å². The van der Waals surface area contributed by atoms with Crippen molar-refractivity contribution < 1.29 is 17.9 Å². The molecule has 134 valence electrons. The van der Waals surface area contributed by atoms with E-state index in [-0.39, 0.29) is 11.5 Å². The van der Waals surface area contributed by atoms with Crippen molar-refractivity contribution in [1.29, 1.82) is 0 Å². The molecule has 5 nitrogen and oxygen atoms in total. The first-order valence-electron chi connectivity index (χ1n) is 8.51. The summed E-state index contributed by atoms with van der Waals surface area (Å²) in [5, 5.41) is 0. The van der Waals surface area contributed by atoms with Gasteiger partial charge in [0, 0.05) is 0 Å². The first-order chi connectivity index (χ1) is 11.2. The fourth-order valence-corrected chi connectivity index (χ4v) is 5.54. The number of rotatable bonds is 5. The molecule has 24 heavy (non-hydrogen) atoms. The summed E-state index contributed by atoms with van der Waals surface area (Å²) in [5.41, 5.74) is 1.25. The number of hydrogen-bond donors (Lipinski definition) is 1. The summed E-state index contributed by atoms with van der Waals surface area (Å²) in [6.07, 6.45) is 3.59. The highest BCUT2D eigenvalue weighted by atomic mass is 32.2. The van der Waals surface area contributed by atoms with E-state index in [0.717, 1.165) is 24.8 Å². The molecule has 0 aliphatic heterocycles. The first kappa shape index (κ1) is 18.9. The van der Waals surface area contributed by atoms with Crippen LogP contribution in [-0.2, 0) is 19.6 Å². The highest BCUT2D eigenvalue weighted by molar-refractivity contribution is 7.89. The summed E-state index contributed by atoms with van der Waals surface area (Å²) in [4.78, 5) is 12.8. The van der Waals surface area contributed by atoms with Crippen molar-refractivity contribution in [1.82, 2.24) is 4.72 Å². The Bertz CT molecular complexity index is 696. The second kappa shape index (κ2) is 7.23. The molecule has 2 rings (SSSR count). The average molecular weight is 353 g/mol. The minimum atomic E-state index is -3.81. The molecule has 0 aromatic heterocycles. The number of ether oxygens (including phenoxy) is 1. The molecule has 0 radical (unpaired) electrons. The summed E-state index contributed by atoms with van der Waals surface area (Å²) >= 11 is 0. The number of aryl methyl sites for hydroxylation is 3. The predicted molar refractivity (Wildman–Crippen MR) is 93.4 cm³/mol. The van der Waals surface area contributed by atoms with Gasteiger partial charge in [-0.3, -0.25) is 4.79 Å². The molecule has 6 heteroatoms. The highest BCUT2D eigenvalue weighted by Crippen LogP contribution is 2.32. The summed E-state index contributed by atoms with van der Waals surface area (Å²) in [5.74, 6) is -0.462. The molecule has 1 saturated carbocycles. The van der Waals surface area contributed by atoms with E-state index >= 15 is 0 Å². The topological polar surface area (TPSA) is 72.5 Å². The van der Waals surface area contributed by atoms with Crippen molar-refractivity contribution in [3.05, 3.63) is 28.8 Å². The van der Waals surface area contributed by atoms with Gasteiger partial charge in [-0.25, -0.2) is 8.42 Å². The first-order valence-corrected chi connectivity index (χ1v) is 9.99. The SMILES string of the molecule is CCOC(=O)C1(NS(=O)(=O)c2c(C)cc(C)cc2C)CCCCC1. The van der Waals surface area contributed by atoms with Crippen molar-refractivity contribution in [2.75, 3.05) is 6.61 Å². The van der Waals surface area contributed by atoms with Crippen LogP contribution in [0.2, 0.25) is 0 Å². The summed E-state index contributed by atoms with van der Waals surface area (Å²) < 4.78 is 34.0. The zero-order valence-electron chi connectivity index (χ0n) is 14.9. The number of sulfonamides is 1. The molecular formula is C18H27NO4S. The van der Waals surface area contributed by atoms with Crippen LogP contribution >= 0.6 is 0 Å². The fourth-order valence-electron chi connectivity index (χ4n) is 3.67. The molecule has 0 spiro atoms. The van der Waals surface area contributed by atoms with Crippen molar-refractivity contribution in [2.45, 2.75) is 70.2 Å². The zero-order chi connectivity index (χ0) is 18.0. The van der Waals surface area contributed by atoms with Crippen LogP contribution in [0.1, 0.15) is 55.7 Å². The third-order valence-electron chi connectivity index (χ3n) is 4.58. The molecule has 0 heterocycles. The molecule has 1 fully saturated rings. The number of nitrogens with one attached hydrogen (secondary N) is 1. The molecule has 0 saturated heterocycles. The monoisotopic (exact) mass is 353 g/mol. The summed E-state index contributed by atoms with van der Waals surface area (Å²) in [6.45, 7) is 7.48. The van der Waals surface area contributed by atoms with Gasteiger partial charge in [-0.1, -0.05) is 37.0 Å². The van der Waals surface area contributed by atoms with Crippen LogP contribution in [0.5, 0.6) is 0 Å². The highest BCUT2D eigenvalue weighted by Gasteiger charge is 2.44. The van der Waals surface area contributed by atoms with E-state index in [1.807, 2.05) is 19.1 Å². The maximum absolute atomic E-state index is 13.0. The van der Waals surface area contributed by atoms with Gasteiger partial charge in [0.1, 0.15) is 5.54 Å². The van der Waals surface area contributed by atoms with Gasteiger partial charge in [0.2, 0.25) is 10.0 Å². The lowest BCUT2D eigenvalue weighted by Crippen LogP contribution is -2.56. The molecule has 0 atom stereocenters. The lowest BCUT2D eigenvalue weighted by molar-refractivity contribution is -0.151. The smallest absolute Gasteiger partial charge is 0.327 e.